The van der Waals surface area contributed by atoms with Crippen LogP contribution in [0.5, 0.6) is 0 Å². The summed E-state index contributed by atoms with van der Waals surface area (Å²) >= 11 is 1.46. The highest BCUT2D eigenvalue weighted by atomic mass is 32.1. The Morgan fingerprint density at radius 2 is 1.88 bits per heavy atom. The minimum Gasteiger partial charge on any atom is -0.308 e. The smallest absolute Gasteiger partial charge is 0.198 e. The molecule has 3 rings (SSSR count). The Kier molecular flexibility index (Phi) is 5.10. The van der Waals surface area contributed by atoms with Crippen LogP contribution in [0.1, 0.15) is 17.6 Å². The van der Waals surface area contributed by atoms with Crippen molar-refractivity contribution < 1.29 is 0 Å². The molecule has 0 aliphatic heterocycles. The van der Waals surface area contributed by atoms with E-state index in [9.17, 15) is 0 Å². The van der Waals surface area contributed by atoms with Crippen LogP contribution in [0, 0.1) is 12.3 Å². The molecule has 1 N–H and O–H groups in total. The van der Waals surface area contributed by atoms with Crippen LogP contribution in [0.2, 0.25) is 0 Å². The molecule has 124 valence electrons. The molecule has 0 amide bonds. The first-order valence-corrected chi connectivity index (χ1v) is 8.31. The molecule has 0 bridgehead atoms. The van der Waals surface area contributed by atoms with E-state index in [1.54, 1.807) is 37.1 Å². The molecule has 3 aromatic heterocycles. The van der Waals surface area contributed by atoms with Gasteiger partial charge in [-0.25, -0.2) is 24.9 Å². The van der Waals surface area contributed by atoms with E-state index in [2.05, 4.69) is 29.9 Å². The van der Waals surface area contributed by atoms with E-state index in [1.165, 1.54) is 17.6 Å². The lowest BCUT2D eigenvalue weighted by Crippen LogP contribution is -1.95. The van der Waals surface area contributed by atoms with Gasteiger partial charge in [-0.05, 0) is 26.0 Å². The van der Waals surface area contributed by atoms with Crippen LogP contribution in [0.25, 0.3) is 27.8 Å². The molecule has 0 aromatic carbocycles. The highest BCUT2D eigenvalue weighted by Crippen LogP contribution is 2.32. The molecule has 0 unspecified atom stereocenters. The third-order valence-electron chi connectivity index (χ3n) is 3.22. The number of aromatic nitrogens is 5. The summed E-state index contributed by atoms with van der Waals surface area (Å²) in [4.78, 5) is 26.7. The molecule has 0 saturated heterocycles. The fourth-order valence-corrected chi connectivity index (χ4v) is 3.09. The van der Waals surface area contributed by atoms with E-state index in [0.29, 0.717) is 17.2 Å². The van der Waals surface area contributed by atoms with Crippen LogP contribution in [0.3, 0.4) is 0 Å². The summed E-state index contributed by atoms with van der Waals surface area (Å²) in [5, 5.41) is 8.29. The van der Waals surface area contributed by atoms with Crippen molar-refractivity contribution >= 4 is 29.3 Å². The summed E-state index contributed by atoms with van der Waals surface area (Å²) in [6, 6.07) is 3.58. The molecule has 0 aliphatic rings. The number of aliphatic imine (C=N–C) groups is 1. The zero-order chi connectivity index (χ0) is 17.6. The maximum atomic E-state index is 7.56. The zero-order valence-electron chi connectivity index (χ0n) is 13.7. The number of nitrogens with one attached hydrogen (secondary N) is 1. The molecule has 3 heterocycles. The van der Waals surface area contributed by atoms with Gasteiger partial charge in [0.1, 0.15) is 5.01 Å². The Bertz CT molecular complexity index is 945. The van der Waals surface area contributed by atoms with Crippen molar-refractivity contribution in [1.29, 1.82) is 5.41 Å². The molecular formula is C17H15N7S. The van der Waals surface area contributed by atoms with Crippen LogP contribution in [0.4, 0.5) is 0 Å². The van der Waals surface area contributed by atoms with Gasteiger partial charge in [-0.3, -0.25) is 4.99 Å². The van der Waals surface area contributed by atoms with Gasteiger partial charge in [-0.15, -0.1) is 11.3 Å². The van der Waals surface area contributed by atoms with Gasteiger partial charge >= 0.3 is 0 Å². The van der Waals surface area contributed by atoms with E-state index in [0.717, 1.165) is 21.3 Å². The van der Waals surface area contributed by atoms with Crippen molar-refractivity contribution in [2.24, 2.45) is 4.99 Å². The monoisotopic (exact) mass is 349 g/mol. The van der Waals surface area contributed by atoms with E-state index in [1.807, 2.05) is 19.9 Å². The molecule has 25 heavy (non-hydrogen) atoms. The Labute approximate surface area is 148 Å². The van der Waals surface area contributed by atoms with Gasteiger partial charge in [0.25, 0.3) is 0 Å². The predicted molar refractivity (Wildman–Crippen MR) is 99.8 cm³/mol. The Balaban J connectivity index is 2.02. The number of rotatable bonds is 5. The average Bonchev–Trinajstić information content (AvgIpc) is 3.05. The van der Waals surface area contributed by atoms with E-state index >= 15 is 0 Å². The second-order valence-corrected chi connectivity index (χ2v) is 5.91. The van der Waals surface area contributed by atoms with Gasteiger partial charge in [0, 0.05) is 42.8 Å². The lowest BCUT2D eigenvalue weighted by molar-refractivity contribution is 1.08. The molecule has 0 aliphatic carbocycles. The fourth-order valence-electron chi connectivity index (χ4n) is 2.07. The van der Waals surface area contributed by atoms with Gasteiger partial charge in [0.2, 0.25) is 0 Å². The summed E-state index contributed by atoms with van der Waals surface area (Å²) in [7, 11) is 0. The second-order valence-electron chi connectivity index (χ2n) is 4.91. The van der Waals surface area contributed by atoms with Crippen LogP contribution >= 0.6 is 11.3 Å². The topological polar surface area (TPSA) is 101 Å². The number of thiazole rings is 1. The Hall–Kier alpha value is -3.13. The van der Waals surface area contributed by atoms with Gasteiger partial charge < -0.3 is 5.41 Å². The standard InChI is InChI=1S/C17H15N7S/c1-3-19-10-12(9-18)17-23-11(2)14(25-17)13-5-8-22-16(24-13)15-20-6-4-7-21-15/h3-10,18H,1-2H3/b12-10+,18-9?,19-3?. The summed E-state index contributed by atoms with van der Waals surface area (Å²) in [6.07, 6.45) is 9.53. The van der Waals surface area contributed by atoms with Crippen molar-refractivity contribution in [1.82, 2.24) is 24.9 Å². The maximum absolute atomic E-state index is 7.56. The Morgan fingerprint density at radius 3 is 2.60 bits per heavy atom. The first-order valence-electron chi connectivity index (χ1n) is 7.50. The van der Waals surface area contributed by atoms with Crippen molar-refractivity contribution in [2.45, 2.75) is 13.8 Å². The number of allylic oxidation sites excluding steroid dienone is 1. The molecular weight excluding hydrogens is 334 g/mol. The average molecular weight is 349 g/mol. The van der Waals surface area contributed by atoms with Crippen molar-refractivity contribution in [3.63, 3.8) is 0 Å². The number of aryl methyl sites for hydroxylation is 1. The maximum Gasteiger partial charge on any atom is 0.198 e. The lowest BCUT2D eigenvalue weighted by atomic mass is 10.3. The molecule has 8 heteroatoms. The minimum absolute atomic E-state index is 0.464. The molecule has 0 radical (unpaired) electrons. The van der Waals surface area contributed by atoms with E-state index in [-0.39, 0.29) is 0 Å². The third-order valence-corrected chi connectivity index (χ3v) is 4.44. The van der Waals surface area contributed by atoms with Crippen LogP contribution in [-0.2, 0) is 0 Å². The second kappa shape index (κ2) is 7.63. The molecule has 0 spiro atoms. The van der Waals surface area contributed by atoms with Crippen molar-refractivity contribution in [3.05, 3.63) is 47.6 Å². The van der Waals surface area contributed by atoms with Crippen molar-refractivity contribution in [2.75, 3.05) is 0 Å². The SMILES string of the molecule is CC=N/C=C(\C=N)c1nc(C)c(-c2ccnc(-c3ncccn3)n2)s1. The number of hydrogen-bond donors (Lipinski definition) is 1. The molecule has 0 fully saturated rings. The first kappa shape index (κ1) is 16.7. The minimum atomic E-state index is 0.464. The zero-order valence-corrected chi connectivity index (χ0v) is 14.5. The van der Waals surface area contributed by atoms with E-state index < -0.39 is 0 Å². The first-order chi connectivity index (χ1) is 12.2. The molecule has 3 aromatic rings. The summed E-state index contributed by atoms with van der Waals surface area (Å²) in [6.45, 7) is 3.74. The fraction of sp³-hybridized carbons (Fsp3) is 0.118. The lowest BCUT2D eigenvalue weighted by Gasteiger charge is -2.01. The summed E-state index contributed by atoms with van der Waals surface area (Å²) < 4.78 is 0. The highest BCUT2D eigenvalue weighted by molar-refractivity contribution is 7.16. The van der Waals surface area contributed by atoms with Crippen LogP contribution in [0.15, 0.2) is 41.9 Å². The number of nitrogens with zero attached hydrogens (tertiary/aromatic N) is 6. The van der Waals surface area contributed by atoms with Gasteiger partial charge in [-0.2, -0.15) is 0 Å². The third kappa shape index (κ3) is 3.69. The number of hydrogen-bond acceptors (Lipinski definition) is 8. The van der Waals surface area contributed by atoms with Gasteiger partial charge in [0.05, 0.1) is 16.3 Å². The van der Waals surface area contributed by atoms with Crippen LogP contribution in [-0.4, -0.2) is 37.3 Å². The van der Waals surface area contributed by atoms with Crippen LogP contribution < -0.4 is 0 Å². The molecule has 7 nitrogen and oxygen atoms in total. The summed E-state index contributed by atoms with van der Waals surface area (Å²) in [5.74, 6) is 0.940. The summed E-state index contributed by atoms with van der Waals surface area (Å²) in [5.41, 5.74) is 2.24. The van der Waals surface area contributed by atoms with Gasteiger partial charge in [-0.1, -0.05) is 0 Å². The van der Waals surface area contributed by atoms with E-state index in [4.69, 9.17) is 5.41 Å². The largest absolute Gasteiger partial charge is 0.308 e. The predicted octanol–water partition coefficient (Wildman–Crippen LogP) is 3.45. The molecule has 0 atom stereocenters. The quantitative estimate of drug-likeness (QED) is 0.711. The Morgan fingerprint density at radius 1 is 1.12 bits per heavy atom. The highest BCUT2D eigenvalue weighted by Gasteiger charge is 2.14. The van der Waals surface area contributed by atoms with Crippen molar-refractivity contribution in [3.8, 4) is 22.2 Å². The van der Waals surface area contributed by atoms with Gasteiger partial charge in [0.15, 0.2) is 11.6 Å². The molecule has 0 saturated carbocycles. The normalized spacial score (nSPS) is 11.8.